The van der Waals surface area contributed by atoms with Crippen LogP contribution in [0.4, 0.5) is 0 Å². The number of aromatic amines is 1. The summed E-state index contributed by atoms with van der Waals surface area (Å²) in [4.78, 5) is 15.6. The van der Waals surface area contributed by atoms with Crippen molar-refractivity contribution in [3.05, 3.63) is 21.9 Å². The third kappa shape index (κ3) is 2.38. The molecule has 0 saturated carbocycles. The summed E-state index contributed by atoms with van der Waals surface area (Å²) in [6.45, 7) is 0.549. The van der Waals surface area contributed by atoms with Gasteiger partial charge in [0.25, 0.3) is 5.91 Å². The molecule has 0 spiro atoms. The number of nitrogens with one attached hydrogen (secondary N) is 2. The number of aromatic nitrogens is 5. The van der Waals surface area contributed by atoms with E-state index in [2.05, 4.69) is 30.9 Å². The molecule has 0 aliphatic heterocycles. The van der Waals surface area contributed by atoms with Crippen molar-refractivity contribution in [3.8, 4) is 0 Å². The first kappa shape index (κ1) is 10.6. The normalized spacial score (nSPS) is 10.3. The second-order valence-electron chi connectivity index (χ2n) is 2.84. The van der Waals surface area contributed by atoms with Crippen LogP contribution in [-0.2, 0) is 13.1 Å². The fourth-order valence-corrected chi connectivity index (χ4v) is 1.67. The van der Waals surface area contributed by atoms with Crippen LogP contribution in [0.25, 0.3) is 0 Å². The molecule has 1 amide bonds. The summed E-state index contributed by atoms with van der Waals surface area (Å²) in [6.07, 6.45) is 0. The summed E-state index contributed by atoms with van der Waals surface area (Å²) in [5.74, 6) is 0.142. The molecule has 0 bridgehead atoms. The van der Waals surface area contributed by atoms with Crippen LogP contribution in [0.15, 0.2) is 5.38 Å². The predicted octanol–water partition coefficient (Wildman–Crippen LogP) is -0.955. The Hall–Kier alpha value is -1.87. The third-order valence-corrected chi connectivity index (χ3v) is 2.63. The van der Waals surface area contributed by atoms with Gasteiger partial charge in [0.05, 0.1) is 6.54 Å². The van der Waals surface area contributed by atoms with E-state index in [1.54, 1.807) is 5.38 Å². The van der Waals surface area contributed by atoms with Crippen LogP contribution in [0, 0.1) is 0 Å². The number of nitrogens with zero attached hydrogens (tertiary/aromatic N) is 4. The first-order chi connectivity index (χ1) is 7.79. The van der Waals surface area contributed by atoms with E-state index < -0.39 is 0 Å². The van der Waals surface area contributed by atoms with Crippen molar-refractivity contribution in [1.82, 2.24) is 30.9 Å². The minimum atomic E-state index is -0.277. The van der Waals surface area contributed by atoms with Gasteiger partial charge in [-0.3, -0.25) is 4.79 Å². The molecule has 9 heteroatoms. The van der Waals surface area contributed by atoms with Gasteiger partial charge in [0.2, 0.25) is 0 Å². The quantitative estimate of drug-likeness (QED) is 0.632. The van der Waals surface area contributed by atoms with Crippen LogP contribution in [0.1, 0.15) is 21.3 Å². The van der Waals surface area contributed by atoms with Crippen molar-refractivity contribution in [2.24, 2.45) is 5.73 Å². The number of hydrogen-bond donors (Lipinski definition) is 3. The Kier molecular flexibility index (Phi) is 3.17. The molecule has 4 N–H and O–H groups in total. The lowest BCUT2D eigenvalue weighted by molar-refractivity contribution is 0.0945. The van der Waals surface area contributed by atoms with E-state index in [9.17, 15) is 4.79 Å². The van der Waals surface area contributed by atoms with Crippen molar-refractivity contribution in [2.45, 2.75) is 13.1 Å². The number of thiazole rings is 1. The summed E-state index contributed by atoms with van der Waals surface area (Å²) in [5, 5.41) is 18.1. The Bertz CT molecular complexity index is 465. The topological polar surface area (TPSA) is 122 Å². The molecule has 8 nitrogen and oxygen atoms in total. The van der Waals surface area contributed by atoms with E-state index >= 15 is 0 Å². The zero-order chi connectivity index (χ0) is 11.4. The molecular weight excluding hydrogens is 230 g/mol. The standard InChI is InChI=1S/C7H9N7OS/c8-1-6-10-4(3-16-6)7(15)9-2-5-11-13-14-12-5/h3H,1-2,8H2,(H,9,15)(H,11,12,13,14). The molecule has 0 aliphatic carbocycles. The van der Waals surface area contributed by atoms with Crippen LogP contribution in [-0.4, -0.2) is 31.5 Å². The molecule has 2 heterocycles. The highest BCUT2D eigenvalue weighted by atomic mass is 32.1. The number of H-pyrrole nitrogens is 1. The summed E-state index contributed by atoms with van der Waals surface area (Å²) < 4.78 is 0. The average molecular weight is 239 g/mol. The van der Waals surface area contributed by atoms with E-state index in [0.717, 1.165) is 5.01 Å². The number of carbonyl (C=O) groups excluding carboxylic acids is 1. The molecule has 0 atom stereocenters. The van der Waals surface area contributed by atoms with E-state index in [1.165, 1.54) is 11.3 Å². The molecule has 84 valence electrons. The van der Waals surface area contributed by atoms with Crippen LogP contribution in [0.2, 0.25) is 0 Å². The number of amides is 1. The summed E-state index contributed by atoms with van der Waals surface area (Å²) >= 11 is 1.35. The summed E-state index contributed by atoms with van der Waals surface area (Å²) in [7, 11) is 0. The monoisotopic (exact) mass is 239 g/mol. The van der Waals surface area contributed by atoms with Gasteiger partial charge in [-0.25, -0.2) is 4.98 Å². The van der Waals surface area contributed by atoms with Gasteiger partial charge in [-0.1, -0.05) is 5.21 Å². The molecule has 0 unspecified atom stereocenters. The van der Waals surface area contributed by atoms with Crippen molar-refractivity contribution in [3.63, 3.8) is 0 Å². The molecule has 16 heavy (non-hydrogen) atoms. The number of carbonyl (C=O) groups is 1. The summed E-state index contributed by atoms with van der Waals surface area (Å²) in [6, 6.07) is 0. The van der Waals surface area contributed by atoms with Gasteiger partial charge in [-0.05, 0) is 0 Å². The molecule has 0 aliphatic rings. The first-order valence-corrected chi connectivity index (χ1v) is 5.32. The van der Waals surface area contributed by atoms with Gasteiger partial charge in [-0.2, -0.15) is 5.21 Å². The van der Waals surface area contributed by atoms with E-state index in [4.69, 9.17) is 5.73 Å². The second-order valence-corrected chi connectivity index (χ2v) is 3.78. The smallest absolute Gasteiger partial charge is 0.271 e. The molecular formula is C7H9N7OS. The maximum atomic E-state index is 11.6. The highest BCUT2D eigenvalue weighted by molar-refractivity contribution is 7.09. The molecule has 0 fully saturated rings. The van der Waals surface area contributed by atoms with Gasteiger partial charge in [0, 0.05) is 11.9 Å². The van der Waals surface area contributed by atoms with Crippen LogP contribution >= 0.6 is 11.3 Å². The van der Waals surface area contributed by atoms with Crippen LogP contribution < -0.4 is 11.1 Å². The largest absolute Gasteiger partial charge is 0.343 e. The molecule has 2 rings (SSSR count). The van der Waals surface area contributed by atoms with Crippen molar-refractivity contribution < 1.29 is 4.79 Å². The SMILES string of the molecule is NCc1nc(C(=O)NCc2nn[nH]n2)cs1. The maximum absolute atomic E-state index is 11.6. The Morgan fingerprint density at radius 1 is 1.62 bits per heavy atom. The molecule has 0 radical (unpaired) electrons. The first-order valence-electron chi connectivity index (χ1n) is 4.44. The third-order valence-electron chi connectivity index (χ3n) is 1.76. The average Bonchev–Trinajstić information content (AvgIpc) is 2.96. The van der Waals surface area contributed by atoms with Crippen molar-refractivity contribution >= 4 is 17.2 Å². The lowest BCUT2D eigenvalue weighted by atomic mass is 10.4. The lowest BCUT2D eigenvalue weighted by Gasteiger charge is -1.97. The molecule has 0 aromatic carbocycles. The minimum Gasteiger partial charge on any atom is -0.343 e. The zero-order valence-corrected chi connectivity index (χ0v) is 8.99. The van der Waals surface area contributed by atoms with Crippen LogP contribution in [0.3, 0.4) is 0 Å². The van der Waals surface area contributed by atoms with Gasteiger partial charge in [0.15, 0.2) is 5.82 Å². The lowest BCUT2D eigenvalue weighted by Crippen LogP contribution is -2.23. The maximum Gasteiger partial charge on any atom is 0.271 e. The highest BCUT2D eigenvalue weighted by Crippen LogP contribution is 2.08. The predicted molar refractivity (Wildman–Crippen MR) is 55.4 cm³/mol. The Morgan fingerprint density at radius 2 is 2.50 bits per heavy atom. The van der Waals surface area contributed by atoms with Gasteiger partial charge >= 0.3 is 0 Å². The number of tetrazole rings is 1. The summed E-state index contributed by atoms with van der Waals surface area (Å²) in [5.41, 5.74) is 5.75. The minimum absolute atomic E-state index is 0.213. The zero-order valence-electron chi connectivity index (χ0n) is 8.17. The Morgan fingerprint density at radius 3 is 3.12 bits per heavy atom. The van der Waals surface area contributed by atoms with Gasteiger partial charge in [-0.15, -0.1) is 21.5 Å². The second kappa shape index (κ2) is 4.77. The molecule has 0 saturated heterocycles. The Balaban J connectivity index is 1.93. The van der Waals surface area contributed by atoms with Gasteiger partial charge in [0.1, 0.15) is 10.7 Å². The van der Waals surface area contributed by atoms with E-state index in [1.807, 2.05) is 0 Å². The molecule has 2 aromatic rings. The van der Waals surface area contributed by atoms with Crippen molar-refractivity contribution in [1.29, 1.82) is 0 Å². The fourth-order valence-electron chi connectivity index (χ4n) is 1.02. The number of nitrogens with two attached hydrogens (primary N) is 1. The van der Waals surface area contributed by atoms with Crippen molar-refractivity contribution in [2.75, 3.05) is 0 Å². The highest BCUT2D eigenvalue weighted by Gasteiger charge is 2.10. The van der Waals surface area contributed by atoms with E-state index in [0.29, 0.717) is 18.1 Å². The van der Waals surface area contributed by atoms with Gasteiger partial charge < -0.3 is 11.1 Å². The fraction of sp³-hybridized carbons (Fsp3) is 0.286. The molecule has 2 aromatic heterocycles. The number of rotatable bonds is 4. The Labute approximate surface area is 94.3 Å². The number of hydrogen-bond acceptors (Lipinski definition) is 7. The van der Waals surface area contributed by atoms with Crippen LogP contribution in [0.5, 0.6) is 0 Å². The van der Waals surface area contributed by atoms with E-state index in [-0.39, 0.29) is 12.5 Å².